The van der Waals surface area contributed by atoms with Gasteiger partial charge in [-0.25, -0.2) is 10.3 Å². The minimum absolute atomic E-state index is 0.273. The van der Waals surface area contributed by atoms with Gasteiger partial charge in [-0.3, -0.25) is 20.2 Å². The number of benzene rings is 3. The number of amides is 2. The van der Waals surface area contributed by atoms with E-state index in [4.69, 9.17) is 9.94 Å². The number of carbonyl (C=O) groups is 2. The lowest BCUT2D eigenvalue weighted by Gasteiger charge is -2.24. The smallest absolute Gasteiger partial charge is 0.411 e. The molecule has 192 valence electrons. The molecule has 37 heavy (non-hydrogen) atoms. The maximum Gasteiger partial charge on any atom is 0.411 e. The summed E-state index contributed by atoms with van der Waals surface area (Å²) in [6, 6.07) is 25.5. The molecule has 0 saturated heterocycles. The highest BCUT2D eigenvalue weighted by atomic mass is 16.5. The molecule has 4 N–H and O–H groups in total. The van der Waals surface area contributed by atoms with E-state index in [1.807, 2.05) is 60.7 Å². The molecular formula is C29H32N4O4. The Bertz CT molecular complexity index is 1200. The summed E-state index contributed by atoms with van der Waals surface area (Å²) in [6.07, 6.45) is 3.42. The summed E-state index contributed by atoms with van der Waals surface area (Å²) in [4.78, 5) is 25.7. The van der Waals surface area contributed by atoms with Crippen LogP contribution in [0.2, 0.25) is 0 Å². The summed E-state index contributed by atoms with van der Waals surface area (Å²) in [7, 11) is 0. The average Bonchev–Trinajstić information content (AvgIpc) is 3.34. The first-order chi connectivity index (χ1) is 18.1. The van der Waals surface area contributed by atoms with Gasteiger partial charge in [-0.2, -0.15) is 0 Å². The standard InChI is InChI=1S/C29H32N4O4/c34-28(32-36)15-14-22-10-12-23(13-11-22)21-33(17-16-24-20-30-27-9-5-4-8-26(24)27)18-19-37-29(35)31-25-6-2-1-3-7-25/h1-15,24,30,36H,16-21H2,(H,31,35)(H,32,34)/b15-14+. The Morgan fingerprint density at radius 1 is 1.00 bits per heavy atom. The van der Waals surface area contributed by atoms with Crippen molar-refractivity contribution in [1.82, 2.24) is 10.4 Å². The lowest BCUT2D eigenvalue weighted by molar-refractivity contribution is -0.124. The predicted octanol–water partition coefficient (Wildman–Crippen LogP) is 4.86. The molecule has 0 saturated carbocycles. The monoisotopic (exact) mass is 500 g/mol. The molecule has 0 aliphatic carbocycles. The highest BCUT2D eigenvalue weighted by Gasteiger charge is 2.22. The van der Waals surface area contributed by atoms with E-state index in [9.17, 15) is 9.59 Å². The van der Waals surface area contributed by atoms with Crippen LogP contribution in [-0.4, -0.2) is 48.3 Å². The Morgan fingerprint density at radius 3 is 2.54 bits per heavy atom. The molecule has 8 heteroatoms. The van der Waals surface area contributed by atoms with E-state index in [1.54, 1.807) is 11.6 Å². The van der Waals surface area contributed by atoms with Gasteiger partial charge in [0.1, 0.15) is 6.61 Å². The maximum atomic E-state index is 12.2. The number of carbonyl (C=O) groups excluding carboxylic acids is 2. The van der Waals surface area contributed by atoms with Crippen LogP contribution in [0.25, 0.3) is 6.08 Å². The fraction of sp³-hybridized carbons (Fsp3) is 0.241. The first-order valence-corrected chi connectivity index (χ1v) is 12.4. The van der Waals surface area contributed by atoms with Crippen LogP contribution in [0.15, 0.2) is 84.9 Å². The maximum absolute atomic E-state index is 12.2. The van der Waals surface area contributed by atoms with Crippen molar-refractivity contribution in [3.63, 3.8) is 0 Å². The first kappa shape index (κ1) is 25.9. The second-order valence-electron chi connectivity index (χ2n) is 8.91. The average molecular weight is 501 g/mol. The molecule has 0 bridgehead atoms. The summed E-state index contributed by atoms with van der Waals surface area (Å²) in [6.45, 7) is 3.35. The Morgan fingerprint density at radius 2 is 1.76 bits per heavy atom. The minimum Gasteiger partial charge on any atom is -0.448 e. The zero-order valence-corrected chi connectivity index (χ0v) is 20.6. The molecule has 0 radical (unpaired) electrons. The zero-order chi connectivity index (χ0) is 25.9. The third-order valence-electron chi connectivity index (χ3n) is 6.32. The molecule has 0 fully saturated rings. The molecule has 4 rings (SSSR count). The number of hydrogen-bond donors (Lipinski definition) is 4. The normalized spacial score (nSPS) is 14.3. The summed E-state index contributed by atoms with van der Waals surface area (Å²) in [5.74, 6) is -0.138. The summed E-state index contributed by atoms with van der Waals surface area (Å²) in [5.41, 5.74) is 6.80. The van der Waals surface area contributed by atoms with E-state index in [2.05, 4.69) is 33.7 Å². The molecule has 3 aromatic rings. The van der Waals surface area contributed by atoms with Crippen LogP contribution < -0.4 is 16.1 Å². The number of rotatable bonds is 11. The van der Waals surface area contributed by atoms with Crippen molar-refractivity contribution < 1.29 is 19.5 Å². The number of anilines is 2. The van der Waals surface area contributed by atoms with Crippen LogP contribution in [0.1, 0.15) is 29.0 Å². The van der Waals surface area contributed by atoms with Gasteiger partial charge in [-0.1, -0.05) is 60.7 Å². The van der Waals surface area contributed by atoms with Gasteiger partial charge in [-0.05, 0) is 53.9 Å². The molecule has 2 amide bonds. The van der Waals surface area contributed by atoms with Crippen LogP contribution in [0.5, 0.6) is 0 Å². The van der Waals surface area contributed by atoms with Crippen molar-refractivity contribution in [1.29, 1.82) is 0 Å². The Kier molecular flexibility index (Phi) is 9.29. The minimum atomic E-state index is -0.575. The van der Waals surface area contributed by atoms with Crippen LogP contribution >= 0.6 is 0 Å². The fourth-order valence-electron chi connectivity index (χ4n) is 4.37. The molecule has 1 heterocycles. The van der Waals surface area contributed by atoms with Gasteiger partial charge in [0.2, 0.25) is 0 Å². The summed E-state index contributed by atoms with van der Waals surface area (Å²) in [5, 5.41) is 14.9. The Labute approximate surface area is 216 Å². The molecule has 1 aliphatic rings. The lowest BCUT2D eigenvalue weighted by atomic mass is 9.97. The zero-order valence-electron chi connectivity index (χ0n) is 20.6. The number of hydrogen-bond acceptors (Lipinski definition) is 6. The van der Waals surface area contributed by atoms with E-state index in [-0.39, 0.29) is 6.61 Å². The van der Waals surface area contributed by atoms with E-state index < -0.39 is 12.0 Å². The summed E-state index contributed by atoms with van der Waals surface area (Å²) >= 11 is 0. The second kappa shape index (κ2) is 13.2. The van der Waals surface area contributed by atoms with Crippen molar-refractivity contribution in [3.8, 4) is 0 Å². The fourth-order valence-corrected chi connectivity index (χ4v) is 4.37. The quantitative estimate of drug-likeness (QED) is 0.170. The third kappa shape index (κ3) is 7.93. The van der Waals surface area contributed by atoms with E-state index in [0.717, 1.165) is 30.6 Å². The van der Waals surface area contributed by atoms with Crippen molar-refractivity contribution >= 4 is 29.5 Å². The van der Waals surface area contributed by atoms with Gasteiger partial charge < -0.3 is 10.1 Å². The van der Waals surface area contributed by atoms with Crippen molar-refractivity contribution in [2.75, 3.05) is 36.9 Å². The topological polar surface area (TPSA) is 103 Å². The number of hydroxylamine groups is 1. The predicted molar refractivity (Wildman–Crippen MR) is 144 cm³/mol. The van der Waals surface area contributed by atoms with Gasteiger partial charge in [0.15, 0.2) is 0 Å². The Hall–Kier alpha value is -4.14. The molecule has 3 aromatic carbocycles. The highest BCUT2D eigenvalue weighted by molar-refractivity contribution is 5.90. The van der Waals surface area contributed by atoms with Crippen LogP contribution in [0.4, 0.5) is 16.2 Å². The number of nitrogens with one attached hydrogen (secondary N) is 3. The Balaban J connectivity index is 1.34. The largest absolute Gasteiger partial charge is 0.448 e. The second-order valence-corrected chi connectivity index (χ2v) is 8.91. The van der Waals surface area contributed by atoms with Crippen LogP contribution in [0, 0.1) is 0 Å². The first-order valence-electron chi connectivity index (χ1n) is 12.4. The number of para-hydroxylation sites is 2. The van der Waals surface area contributed by atoms with Gasteiger partial charge >= 0.3 is 6.09 Å². The van der Waals surface area contributed by atoms with Gasteiger partial charge in [0, 0.05) is 43.0 Å². The van der Waals surface area contributed by atoms with E-state index >= 15 is 0 Å². The lowest BCUT2D eigenvalue weighted by Crippen LogP contribution is -2.30. The van der Waals surface area contributed by atoms with Gasteiger partial charge in [0.25, 0.3) is 5.91 Å². The highest BCUT2D eigenvalue weighted by Crippen LogP contribution is 2.33. The number of fused-ring (bicyclic) bond motifs is 1. The molecule has 1 unspecified atom stereocenters. The van der Waals surface area contributed by atoms with Crippen molar-refractivity contribution in [2.24, 2.45) is 0 Å². The van der Waals surface area contributed by atoms with Gasteiger partial charge in [-0.15, -0.1) is 0 Å². The molecule has 0 spiro atoms. The molecule has 8 nitrogen and oxygen atoms in total. The van der Waals surface area contributed by atoms with E-state index in [1.165, 1.54) is 17.3 Å². The van der Waals surface area contributed by atoms with E-state index in [0.29, 0.717) is 24.7 Å². The van der Waals surface area contributed by atoms with Crippen molar-refractivity contribution in [3.05, 3.63) is 102 Å². The molecule has 1 atom stereocenters. The van der Waals surface area contributed by atoms with Crippen LogP contribution in [0.3, 0.4) is 0 Å². The van der Waals surface area contributed by atoms with Gasteiger partial charge in [0.05, 0.1) is 0 Å². The molecule has 0 aromatic heterocycles. The molecular weight excluding hydrogens is 468 g/mol. The SMILES string of the molecule is O=C(/C=C/c1ccc(CN(CCOC(=O)Nc2ccccc2)CCC2CNc3ccccc32)cc1)NO. The number of nitrogens with zero attached hydrogens (tertiary/aromatic N) is 1. The third-order valence-corrected chi connectivity index (χ3v) is 6.32. The van der Waals surface area contributed by atoms with Crippen molar-refractivity contribution in [2.45, 2.75) is 18.9 Å². The summed E-state index contributed by atoms with van der Waals surface area (Å²) < 4.78 is 5.45. The van der Waals surface area contributed by atoms with Crippen LogP contribution in [-0.2, 0) is 16.1 Å². The molecule has 1 aliphatic heterocycles. The number of ether oxygens (including phenoxy) is 1.